The second-order valence-electron chi connectivity index (χ2n) is 7.69. The summed E-state index contributed by atoms with van der Waals surface area (Å²) in [6.45, 7) is 6.69. The van der Waals surface area contributed by atoms with Crippen molar-refractivity contribution in [1.82, 2.24) is 25.2 Å². The number of hydrogen-bond acceptors (Lipinski definition) is 10. The second kappa shape index (κ2) is 11.4. The minimum Gasteiger partial charge on any atom is -0.361 e. The summed E-state index contributed by atoms with van der Waals surface area (Å²) in [5, 5.41) is 11.6. The highest BCUT2D eigenvalue weighted by molar-refractivity contribution is 7.15. The van der Waals surface area contributed by atoms with Crippen LogP contribution in [0.2, 0.25) is 0 Å². The molecule has 0 bridgehead atoms. The summed E-state index contributed by atoms with van der Waals surface area (Å²) in [6.07, 6.45) is 0.238. The molecule has 0 atom stereocenters. The van der Waals surface area contributed by atoms with Crippen molar-refractivity contribution in [2.45, 2.75) is 26.1 Å². The Kier molecular flexibility index (Phi) is 8.03. The van der Waals surface area contributed by atoms with Gasteiger partial charge >= 0.3 is 12.1 Å². The number of nitrogens with zero attached hydrogens (tertiary/aromatic N) is 8. The molecule has 0 unspecified atom stereocenters. The predicted molar refractivity (Wildman–Crippen MR) is 129 cm³/mol. The Morgan fingerprint density at radius 1 is 1.35 bits per heavy atom. The van der Waals surface area contributed by atoms with Crippen LogP contribution >= 0.6 is 11.3 Å². The lowest BCUT2D eigenvalue weighted by molar-refractivity contribution is -0.159. The molecule has 15 heteroatoms. The van der Waals surface area contributed by atoms with Gasteiger partial charge in [-0.05, 0) is 38.3 Å². The van der Waals surface area contributed by atoms with E-state index >= 15 is 0 Å². The zero-order valence-corrected chi connectivity index (χ0v) is 20.4. The molecule has 1 fully saturated rings. The number of carbonyl (C=O) groups is 1. The third-order valence-corrected chi connectivity index (χ3v) is 6.17. The van der Waals surface area contributed by atoms with Crippen LogP contribution in [-0.2, 0) is 17.5 Å². The number of aromatic nitrogens is 4. The molecule has 37 heavy (non-hydrogen) atoms. The number of ether oxygens (including phenoxy) is 1. The van der Waals surface area contributed by atoms with Crippen molar-refractivity contribution in [3.63, 3.8) is 0 Å². The average molecular weight is 535 g/mol. The van der Waals surface area contributed by atoms with Gasteiger partial charge in [0.2, 0.25) is 5.82 Å². The van der Waals surface area contributed by atoms with Crippen molar-refractivity contribution in [2.75, 3.05) is 24.8 Å². The summed E-state index contributed by atoms with van der Waals surface area (Å²) >= 11 is 1.18. The first-order valence-electron chi connectivity index (χ1n) is 10.9. The lowest BCUT2D eigenvalue weighted by atomic mass is 10.2. The Morgan fingerprint density at radius 2 is 2.19 bits per heavy atom. The Bertz CT molecular complexity index is 1310. The second-order valence-corrected chi connectivity index (χ2v) is 8.86. The molecule has 0 radical (unpaired) electrons. The van der Waals surface area contributed by atoms with Crippen LogP contribution in [0.5, 0.6) is 0 Å². The molecule has 0 spiro atoms. The number of aliphatic imine (C=N–C) groups is 2. The monoisotopic (exact) mass is 534 g/mol. The maximum absolute atomic E-state index is 12.9. The van der Waals surface area contributed by atoms with E-state index in [-0.39, 0.29) is 25.0 Å². The summed E-state index contributed by atoms with van der Waals surface area (Å²) in [7, 11) is 0. The molecule has 3 aromatic rings. The fraction of sp³-hybridized carbons (Fsp3) is 0.318. The fourth-order valence-corrected chi connectivity index (χ4v) is 4.26. The topological polar surface area (TPSA) is 122 Å². The van der Waals surface area contributed by atoms with Crippen molar-refractivity contribution < 1.29 is 27.2 Å². The Morgan fingerprint density at radius 3 is 2.89 bits per heavy atom. The lowest BCUT2D eigenvalue weighted by Crippen LogP contribution is -2.38. The van der Waals surface area contributed by atoms with Gasteiger partial charge in [0.25, 0.3) is 5.91 Å². The fourth-order valence-electron chi connectivity index (χ4n) is 3.34. The predicted octanol–water partition coefficient (Wildman–Crippen LogP) is 4.02. The number of rotatable bonds is 7. The quantitative estimate of drug-likeness (QED) is 0.329. The van der Waals surface area contributed by atoms with Crippen LogP contribution in [0, 0.1) is 0 Å². The molecule has 1 aliphatic rings. The first kappa shape index (κ1) is 26.1. The molecule has 1 aliphatic heterocycles. The van der Waals surface area contributed by atoms with E-state index < -0.39 is 12.1 Å². The van der Waals surface area contributed by atoms with Crippen LogP contribution in [0.3, 0.4) is 0 Å². The highest BCUT2D eigenvalue weighted by Crippen LogP contribution is 2.32. The molecule has 0 N–H and O–H groups in total. The number of halogens is 3. The van der Waals surface area contributed by atoms with Gasteiger partial charge in [-0.2, -0.15) is 23.3 Å². The van der Waals surface area contributed by atoms with Crippen LogP contribution in [0.4, 0.5) is 19.0 Å². The van der Waals surface area contributed by atoms with Gasteiger partial charge in [0, 0.05) is 23.8 Å². The summed E-state index contributed by atoms with van der Waals surface area (Å²) in [5.74, 6) is -0.984. The number of carbonyl (C=O) groups excluding carboxylic acids is 1. The van der Waals surface area contributed by atoms with Crippen molar-refractivity contribution in [1.29, 1.82) is 0 Å². The van der Waals surface area contributed by atoms with E-state index in [1.165, 1.54) is 29.9 Å². The number of alkyl halides is 3. The summed E-state index contributed by atoms with van der Waals surface area (Å²) in [5.41, 5.74) is 0.329. The third kappa shape index (κ3) is 6.42. The van der Waals surface area contributed by atoms with E-state index in [1.54, 1.807) is 34.9 Å². The number of anilines is 1. The van der Waals surface area contributed by atoms with Crippen LogP contribution in [0.25, 0.3) is 10.7 Å². The smallest absolute Gasteiger partial charge is 0.361 e. The molecule has 1 amide bonds. The standard InChI is InChI=1S/C22H21F3N8O3S/c1-14(27-7-6-26-2)33(18-10-15(11-28-30-18)20(34)32-8-3-9-35-13-32)12-16-4-5-17(37-16)19-29-21(36-31-19)22(23,24)25/h4-7,10-11H,2-3,8-9,12-13H2,1H3/b7-6-,27-14+. The molecule has 194 valence electrons. The molecular weight excluding hydrogens is 513 g/mol. The van der Waals surface area contributed by atoms with Gasteiger partial charge in [-0.25, -0.2) is 4.99 Å². The van der Waals surface area contributed by atoms with E-state index in [0.717, 1.165) is 11.3 Å². The van der Waals surface area contributed by atoms with Crippen LogP contribution < -0.4 is 4.90 Å². The van der Waals surface area contributed by atoms with Gasteiger partial charge in [0.05, 0.1) is 29.8 Å². The van der Waals surface area contributed by atoms with E-state index in [9.17, 15) is 18.0 Å². The maximum atomic E-state index is 12.9. The van der Waals surface area contributed by atoms with E-state index in [0.29, 0.717) is 35.2 Å². The highest BCUT2D eigenvalue weighted by Gasteiger charge is 2.38. The summed E-state index contributed by atoms with van der Waals surface area (Å²) in [4.78, 5) is 28.7. The number of amidine groups is 1. The first-order chi connectivity index (χ1) is 17.8. The number of thiophene rings is 1. The van der Waals surface area contributed by atoms with Gasteiger partial charge < -0.3 is 19.1 Å². The van der Waals surface area contributed by atoms with E-state index in [2.05, 4.69) is 41.6 Å². The average Bonchev–Trinajstić information content (AvgIpc) is 3.57. The molecule has 0 saturated carbocycles. The maximum Gasteiger partial charge on any atom is 0.471 e. The van der Waals surface area contributed by atoms with Crippen molar-refractivity contribution in [3.8, 4) is 10.7 Å². The first-order valence-corrected chi connectivity index (χ1v) is 11.7. The van der Waals surface area contributed by atoms with Crippen LogP contribution in [0.1, 0.15) is 34.5 Å². The van der Waals surface area contributed by atoms with Crippen molar-refractivity contribution in [3.05, 3.63) is 53.1 Å². The summed E-state index contributed by atoms with van der Waals surface area (Å²) < 4.78 is 48.2. The Balaban J connectivity index is 1.61. The zero-order valence-electron chi connectivity index (χ0n) is 19.6. The summed E-state index contributed by atoms with van der Waals surface area (Å²) in [6, 6.07) is 4.92. The molecule has 1 saturated heterocycles. The van der Waals surface area contributed by atoms with Gasteiger partial charge in [-0.1, -0.05) is 5.16 Å². The molecule has 4 heterocycles. The molecule has 11 nitrogen and oxygen atoms in total. The van der Waals surface area contributed by atoms with Gasteiger partial charge in [-0.15, -0.1) is 16.4 Å². The minimum absolute atomic E-state index is 0.170. The lowest BCUT2D eigenvalue weighted by Gasteiger charge is -2.27. The molecule has 4 rings (SSSR count). The Labute approximate surface area is 213 Å². The van der Waals surface area contributed by atoms with E-state index in [4.69, 9.17) is 4.74 Å². The normalized spacial score (nSPS) is 14.8. The molecule has 0 aromatic carbocycles. The molecule has 3 aromatic heterocycles. The highest BCUT2D eigenvalue weighted by atomic mass is 32.1. The van der Waals surface area contributed by atoms with Crippen LogP contribution in [0.15, 0.2) is 51.3 Å². The SMILES string of the molecule is C=N/C=C\N=C(/C)N(Cc1ccc(-c2noc(C(F)(F)F)n2)s1)c1cc(C(=O)N2CCCOC2)cnn1. The zero-order chi connectivity index (χ0) is 26.4. The van der Waals surface area contributed by atoms with Crippen molar-refractivity contribution in [2.24, 2.45) is 9.98 Å². The molecule has 0 aliphatic carbocycles. The number of hydrogen-bond donors (Lipinski definition) is 0. The van der Waals surface area contributed by atoms with Gasteiger partial charge in [0.1, 0.15) is 12.6 Å². The van der Waals surface area contributed by atoms with Crippen LogP contribution in [-0.4, -0.2) is 63.6 Å². The Hall–Kier alpha value is -3.98. The third-order valence-electron chi connectivity index (χ3n) is 5.10. The molecular formula is C22H21F3N8O3S. The minimum atomic E-state index is -4.73. The van der Waals surface area contributed by atoms with Crippen molar-refractivity contribution >= 4 is 35.6 Å². The van der Waals surface area contributed by atoms with Gasteiger partial charge in [-0.3, -0.25) is 9.79 Å². The van der Waals surface area contributed by atoms with Gasteiger partial charge in [0.15, 0.2) is 5.82 Å². The largest absolute Gasteiger partial charge is 0.471 e. The van der Waals surface area contributed by atoms with E-state index in [1.807, 2.05) is 0 Å². The number of amides is 1.